The quantitative estimate of drug-likeness (QED) is 0.625. The summed E-state index contributed by atoms with van der Waals surface area (Å²) in [5, 5.41) is 7.67. The van der Waals surface area contributed by atoms with Crippen molar-refractivity contribution in [3.05, 3.63) is 28.2 Å². The van der Waals surface area contributed by atoms with E-state index in [-0.39, 0.29) is 17.3 Å². The highest BCUT2D eigenvalue weighted by Crippen LogP contribution is 2.28. The number of halogens is 1. The standard InChI is InChI=1S/C12H16BrN3O2S/c13-9-3-1-4-10(11(9)12(14)15)16-5-2-7-19(17,18)8-6-16/h1,3-4H,2,5-8H2,(H3,14,15). The predicted octanol–water partition coefficient (Wildman–Crippen LogP) is 1.36. The second-order valence-corrected chi connectivity index (χ2v) is 7.70. The van der Waals surface area contributed by atoms with Gasteiger partial charge in [-0.15, -0.1) is 0 Å². The Morgan fingerprint density at radius 2 is 2.05 bits per heavy atom. The summed E-state index contributed by atoms with van der Waals surface area (Å²) < 4.78 is 24.0. The minimum atomic E-state index is -2.94. The molecule has 7 heteroatoms. The first-order valence-electron chi connectivity index (χ1n) is 5.99. The highest BCUT2D eigenvalue weighted by Gasteiger charge is 2.22. The molecule has 1 aromatic carbocycles. The van der Waals surface area contributed by atoms with Gasteiger partial charge in [0, 0.05) is 23.2 Å². The molecule has 0 unspecified atom stereocenters. The van der Waals surface area contributed by atoms with Crippen LogP contribution in [0.3, 0.4) is 0 Å². The Hall–Kier alpha value is -1.08. The molecule has 1 saturated heterocycles. The zero-order chi connectivity index (χ0) is 14.0. The molecule has 2 rings (SSSR count). The van der Waals surface area contributed by atoms with Crippen LogP contribution in [0.4, 0.5) is 5.69 Å². The van der Waals surface area contributed by atoms with Gasteiger partial charge in [0.25, 0.3) is 0 Å². The van der Waals surface area contributed by atoms with Gasteiger partial charge in [-0.05, 0) is 34.5 Å². The smallest absolute Gasteiger partial charge is 0.152 e. The number of nitrogens with two attached hydrogens (primary N) is 1. The maximum absolute atomic E-state index is 11.6. The van der Waals surface area contributed by atoms with Gasteiger partial charge in [0.2, 0.25) is 0 Å². The topological polar surface area (TPSA) is 87.2 Å². The fraction of sp³-hybridized carbons (Fsp3) is 0.417. The third-order valence-corrected chi connectivity index (χ3v) is 5.53. The van der Waals surface area contributed by atoms with Crippen molar-refractivity contribution in [3.63, 3.8) is 0 Å². The molecule has 3 N–H and O–H groups in total. The third kappa shape index (κ3) is 3.27. The number of rotatable bonds is 2. The normalized spacial score (nSPS) is 18.9. The molecular formula is C12H16BrN3O2S. The second-order valence-electron chi connectivity index (χ2n) is 4.54. The molecule has 5 nitrogen and oxygen atoms in total. The van der Waals surface area contributed by atoms with Crippen molar-refractivity contribution in [1.82, 2.24) is 0 Å². The van der Waals surface area contributed by atoms with Crippen molar-refractivity contribution >= 4 is 37.3 Å². The molecule has 0 bridgehead atoms. The minimum absolute atomic E-state index is 0.0189. The van der Waals surface area contributed by atoms with Gasteiger partial charge < -0.3 is 10.6 Å². The van der Waals surface area contributed by atoms with E-state index in [0.29, 0.717) is 25.1 Å². The van der Waals surface area contributed by atoms with E-state index in [0.717, 1.165) is 10.2 Å². The molecule has 0 aliphatic carbocycles. The number of hydrogen-bond acceptors (Lipinski definition) is 4. The number of nitrogens with one attached hydrogen (secondary N) is 1. The van der Waals surface area contributed by atoms with E-state index in [1.807, 2.05) is 23.1 Å². The Labute approximate surface area is 121 Å². The van der Waals surface area contributed by atoms with Crippen molar-refractivity contribution in [3.8, 4) is 0 Å². The molecule has 1 fully saturated rings. The Morgan fingerprint density at radius 3 is 2.74 bits per heavy atom. The van der Waals surface area contributed by atoms with Crippen LogP contribution >= 0.6 is 15.9 Å². The summed E-state index contributed by atoms with van der Waals surface area (Å²) in [5.41, 5.74) is 7.07. The van der Waals surface area contributed by atoms with Crippen molar-refractivity contribution in [2.75, 3.05) is 29.5 Å². The third-order valence-electron chi connectivity index (χ3n) is 3.16. The van der Waals surface area contributed by atoms with Gasteiger partial charge in [0.15, 0.2) is 9.84 Å². The molecule has 0 atom stereocenters. The maximum atomic E-state index is 11.6. The molecular weight excluding hydrogens is 330 g/mol. The number of sulfone groups is 1. The SMILES string of the molecule is N=C(N)c1c(Br)cccc1N1CCCS(=O)(=O)CC1. The molecule has 1 aromatic rings. The van der Waals surface area contributed by atoms with Crippen LogP contribution in [0.5, 0.6) is 0 Å². The summed E-state index contributed by atoms with van der Waals surface area (Å²) >= 11 is 3.39. The first kappa shape index (κ1) is 14.3. The molecule has 1 aliphatic rings. The fourth-order valence-corrected chi connectivity index (χ4v) is 4.06. The first-order chi connectivity index (χ1) is 8.91. The van der Waals surface area contributed by atoms with Gasteiger partial charge in [-0.3, -0.25) is 5.41 Å². The molecule has 0 saturated carbocycles. The van der Waals surface area contributed by atoms with Crippen molar-refractivity contribution in [2.45, 2.75) is 6.42 Å². The van der Waals surface area contributed by atoms with Gasteiger partial charge in [0.05, 0.1) is 17.1 Å². The molecule has 1 heterocycles. The summed E-state index contributed by atoms with van der Waals surface area (Å²) in [4.78, 5) is 1.99. The Balaban J connectivity index is 2.37. The van der Waals surface area contributed by atoms with E-state index in [2.05, 4.69) is 15.9 Å². The van der Waals surface area contributed by atoms with E-state index in [9.17, 15) is 8.42 Å². The van der Waals surface area contributed by atoms with Gasteiger partial charge in [0.1, 0.15) is 5.84 Å². The van der Waals surface area contributed by atoms with E-state index in [1.54, 1.807) is 0 Å². The molecule has 0 amide bonds. The Kier molecular flexibility index (Phi) is 4.15. The van der Waals surface area contributed by atoms with Crippen LogP contribution in [0.2, 0.25) is 0 Å². The summed E-state index contributed by atoms with van der Waals surface area (Å²) in [6, 6.07) is 5.57. The van der Waals surface area contributed by atoms with Crippen LogP contribution in [0.15, 0.2) is 22.7 Å². The molecule has 1 aliphatic heterocycles. The number of benzene rings is 1. The van der Waals surface area contributed by atoms with Crippen LogP contribution in [0.1, 0.15) is 12.0 Å². The van der Waals surface area contributed by atoms with Gasteiger partial charge in [-0.1, -0.05) is 6.07 Å². The van der Waals surface area contributed by atoms with Crippen LogP contribution < -0.4 is 10.6 Å². The summed E-state index contributed by atoms with van der Waals surface area (Å²) in [7, 11) is -2.94. The van der Waals surface area contributed by atoms with Gasteiger partial charge in [-0.2, -0.15) is 0 Å². The average molecular weight is 346 g/mol. The van der Waals surface area contributed by atoms with Gasteiger partial charge >= 0.3 is 0 Å². The van der Waals surface area contributed by atoms with Gasteiger partial charge in [-0.25, -0.2) is 8.42 Å². The van der Waals surface area contributed by atoms with Crippen molar-refractivity contribution in [2.24, 2.45) is 5.73 Å². The largest absolute Gasteiger partial charge is 0.384 e. The Bertz CT molecular complexity index is 601. The molecule has 0 radical (unpaired) electrons. The summed E-state index contributed by atoms with van der Waals surface area (Å²) in [6.45, 7) is 1.11. The number of amidine groups is 1. The molecule has 0 spiro atoms. The fourth-order valence-electron chi connectivity index (χ4n) is 2.22. The minimum Gasteiger partial charge on any atom is -0.384 e. The predicted molar refractivity (Wildman–Crippen MR) is 80.6 cm³/mol. The number of hydrogen-bond donors (Lipinski definition) is 2. The molecule has 104 valence electrons. The van der Waals surface area contributed by atoms with E-state index >= 15 is 0 Å². The van der Waals surface area contributed by atoms with Crippen LogP contribution in [0.25, 0.3) is 0 Å². The zero-order valence-electron chi connectivity index (χ0n) is 10.4. The van der Waals surface area contributed by atoms with E-state index in [4.69, 9.17) is 11.1 Å². The number of nitrogens with zero attached hydrogens (tertiary/aromatic N) is 1. The lowest BCUT2D eigenvalue weighted by Crippen LogP contribution is -2.29. The average Bonchev–Trinajstić information content (AvgIpc) is 2.49. The van der Waals surface area contributed by atoms with Crippen LogP contribution in [0, 0.1) is 5.41 Å². The van der Waals surface area contributed by atoms with E-state index in [1.165, 1.54) is 0 Å². The lowest BCUT2D eigenvalue weighted by Gasteiger charge is -2.25. The number of nitrogen functional groups attached to an aromatic ring is 1. The van der Waals surface area contributed by atoms with E-state index < -0.39 is 9.84 Å². The Morgan fingerprint density at radius 1 is 1.32 bits per heavy atom. The monoisotopic (exact) mass is 345 g/mol. The van der Waals surface area contributed by atoms with Crippen LogP contribution in [-0.4, -0.2) is 38.8 Å². The maximum Gasteiger partial charge on any atom is 0.152 e. The first-order valence-corrected chi connectivity index (χ1v) is 8.60. The van der Waals surface area contributed by atoms with Crippen molar-refractivity contribution in [1.29, 1.82) is 5.41 Å². The second kappa shape index (κ2) is 5.50. The summed E-state index contributed by atoms with van der Waals surface area (Å²) in [6.07, 6.45) is 0.603. The number of anilines is 1. The van der Waals surface area contributed by atoms with Crippen LogP contribution in [-0.2, 0) is 9.84 Å². The zero-order valence-corrected chi connectivity index (χ0v) is 12.8. The molecule has 19 heavy (non-hydrogen) atoms. The lowest BCUT2D eigenvalue weighted by atomic mass is 10.1. The summed E-state index contributed by atoms with van der Waals surface area (Å²) in [5.74, 6) is 0.360. The lowest BCUT2D eigenvalue weighted by molar-refractivity contribution is 0.597. The highest BCUT2D eigenvalue weighted by molar-refractivity contribution is 9.10. The van der Waals surface area contributed by atoms with Crippen molar-refractivity contribution < 1.29 is 8.42 Å². The highest BCUT2D eigenvalue weighted by atomic mass is 79.9. The molecule has 0 aromatic heterocycles.